The Labute approximate surface area is 150 Å². The van der Waals surface area contributed by atoms with Crippen molar-refractivity contribution in [2.75, 3.05) is 32.9 Å². The summed E-state index contributed by atoms with van der Waals surface area (Å²) in [7, 11) is 0. The van der Waals surface area contributed by atoms with Crippen molar-refractivity contribution in [3.05, 3.63) is 10.5 Å². The first-order chi connectivity index (χ1) is 11.8. The van der Waals surface area contributed by atoms with E-state index in [2.05, 4.69) is 5.32 Å². The third-order valence-electron chi connectivity index (χ3n) is 4.25. The Hall–Kier alpha value is -1.58. The summed E-state index contributed by atoms with van der Waals surface area (Å²) in [5.41, 5.74) is 0.683. The Balaban J connectivity index is 2.48. The average Bonchev–Trinajstić information content (AvgIpc) is 2.82. The van der Waals surface area contributed by atoms with Crippen LogP contribution < -0.4 is 5.32 Å². The Kier molecular flexibility index (Phi) is 6.47. The molecule has 0 aromatic carbocycles. The predicted molar refractivity (Wildman–Crippen MR) is 91.9 cm³/mol. The topological polar surface area (TPSA) is 105 Å². The Morgan fingerprint density at radius 3 is 2.56 bits per heavy atom. The number of nitrogens with zero attached hydrogens (tertiary/aromatic N) is 1. The van der Waals surface area contributed by atoms with Gasteiger partial charge in [0.05, 0.1) is 32.3 Å². The lowest BCUT2D eigenvalue weighted by atomic mass is 9.97. The molecule has 1 fully saturated rings. The third kappa shape index (κ3) is 3.99. The van der Waals surface area contributed by atoms with Gasteiger partial charge in [-0.05, 0) is 24.3 Å². The number of nitrogens with one attached hydrogen (secondary N) is 1. The summed E-state index contributed by atoms with van der Waals surface area (Å²) in [4.78, 5) is 37.3. The third-order valence-corrected chi connectivity index (χ3v) is 5.94. The number of amides is 1. The Morgan fingerprint density at radius 2 is 2.04 bits per heavy atom. The van der Waals surface area contributed by atoms with E-state index in [1.54, 1.807) is 13.8 Å². The summed E-state index contributed by atoms with van der Waals surface area (Å²) in [6, 6.07) is -0.651. The molecule has 140 valence electrons. The van der Waals surface area contributed by atoms with Gasteiger partial charge in [0.2, 0.25) is 5.91 Å². The van der Waals surface area contributed by atoms with E-state index in [4.69, 9.17) is 9.47 Å². The molecule has 2 aliphatic rings. The zero-order valence-corrected chi connectivity index (χ0v) is 15.5. The molecule has 0 saturated carbocycles. The lowest BCUT2D eigenvalue weighted by molar-refractivity contribution is -0.155. The second-order valence-corrected chi connectivity index (χ2v) is 7.25. The minimum absolute atomic E-state index is 0.196. The molecule has 0 spiro atoms. The molecule has 2 atom stereocenters. The van der Waals surface area contributed by atoms with Gasteiger partial charge in [-0.2, -0.15) is 0 Å². The quantitative estimate of drug-likeness (QED) is 0.652. The molecule has 1 saturated heterocycles. The highest BCUT2D eigenvalue weighted by molar-refractivity contribution is 8.05. The lowest BCUT2D eigenvalue weighted by Crippen LogP contribution is -2.65. The van der Waals surface area contributed by atoms with Crippen LogP contribution in [0.15, 0.2) is 10.5 Å². The maximum absolute atomic E-state index is 13.0. The maximum atomic E-state index is 13.0. The van der Waals surface area contributed by atoms with Crippen LogP contribution in [0.1, 0.15) is 27.2 Å². The Morgan fingerprint density at radius 1 is 1.40 bits per heavy atom. The number of carboxylic acid groups (broad SMARTS) is 1. The molecular weight excluding hydrogens is 348 g/mol. The number of esters is 1. The van der Waals surface area contributed by atoms with E-state index in [-0.39, 0.29) is 18.9 Å². The number of aliphatic carboxylic acids is 1. The van der Waals surface area contributed by atoms with E-state index in [0.717, 1.165) is 0 Å². The van der Waals surface area contributed by atoms with E-state index < -0.39 is 22.9 Å². The number of hydrogen-bond acceptors (Lipinski definition) is 7. The molecule has 9 heteroatoms. The second kappa shape index (κ2) is 8.20. The largest absolute Gasteiger partial charge is 0.481 e. The van der Waals surface area contributed by atoms with Gasteiger partial charge in [0.1, 0.15) is 0 Å². The number of ether oxygens (including phenoxy) is 2. The fraction of sp³-hybridized carbons (Fsp3) is 0.688. The summed E-state index contributed by atoms with van der Waals surface area (Å²) in [6.07, 6.45) is -0.196. The van der Waals surface area contributed by atoms with Gasteiger partial charge < -0.3 is 19.9 Å². The molecule has 2 aliphatic heterocycles. The van der Waals surface area contributed by atoms with Crippen LogP contribution in [0.4, 0.5) is 0 Å². The lowest BCUT2D eigenvalue weighted by Gasteiger charge is -2.44. The normalized spacial score (nSPS) is 27.2. The maximum Gasteiger partial charge on any atom is 0.340 e. The second-order valence-electron chi connectivity index (χ2n) is 5.93. The van der Waals surface area contributed by atoms with E-state index in [1.165, 1.54) is 18.7 Å². The van der Waals surface area contributed by atoms with Crippen molar-refractivity contribution in [3.63, 3.8) is 0 Å². The smallest absolute Gasteiger partial charge is 0.340 e. The molecular formula is C16H24N2O6S. The first-order valence-corrected chi connectivity index (χ1v) is 9.02. The highest BCUT2D eigenvalue weighted by atomic mass is 32.2. The predicted octanol–water partition coefficient (Wildman–Crippen LogP) is 0.578. The van der Waals surface area contributed by atoms with Gasteiger partial charge in [-0.1, -0.05) is 11.8 Å². The fourth-order valence-corrected chi connectivity index (χ4v) is 4.83. The minimum Gasteiger partial charge on any atom is -0.481 e. The number of thioether (sulfide) groups is 1. The Bertz CT molecular complexity index is 587. The summed E-state index contributed by atoms with van der Waals surface area (Å²) >= 11 is 1.18. The first kappa shape index (κ1) is 19.7. The van der Waals surface area contributed by atoms with Crippen LogP contribution in [0, 0.1) is 0 Å². The van der Waals surface area contributed by atoms with E-state index in [0.29, 0.717) is 36.8 Å². The number of carboxylic acids is 1. The van der Waals surface area contributed by atoms with Crippen LogP contribution in [0.2, 0.25) is 0 Å². The van der Waals surface area contributed by atoms with Crippen LogP contribution in [0.25, 0.3) is 0 Å². The van der Waals surface area contributed by atoms with E-state index >= 15 is 0 Å². The monoisotopic (exact) mass is 372 g/mol. The van der Waals surface area contributed by atoms with Crippen LogP contribution in [-0.2, 0) is 23.9 Å². The highest BCUT2D eigenvalue weighted by Crippen LogP contribution is 2.50. The molecule has 2 N–H and O–H groups in total. The van der Waals surface area contributed by atoms with Crippen molar-refractivity contribution in [1.82, 2.24) is 10.2 Å². The summed E-state index contributed by atoms with van der Waals surface area (Å²) in [5.74, 6) is -1.74. The molecule has 1 amide bonds. The van der Waals surface area contributed by atoms with Gasteiger partial charge >= 0.3 is 11.9 Å². The fourth-order valence-electron chi connectivity index (χ4n) is 3.17. The SMILES string of the molecule is CCOC(=O)C1(N2CCOCC2)SC(CC(=O)O)=C(C)C1NC(C)=O. The molecule has 0 aromatic heterocycles. The van der Waals surface area contributed by atoms with Gasteiger partial charge in [0.25, 0.3) is 0 Å². The number of morpholine rings is 1. The molecule has 0 bridgehead atoms. The van der Waals surface area contributed by atoms with Gasteiger partial charge in [-0.3, -0.25) is 14.5 Å². The molecule has 8 nitrogen and oxygen atoms in total. The molecule has 2 unspecified atom stereocenters. The van der Waals surface area contributed by atoms with Gasteiger partial charge in [-0.15, -0.1) is 0 Å². The summed E-state index contributed by atoms with van der Waals surface area (Å²) < 4.78 is 10.7. The van der Waals surface area contributed by atoms with Crippen molar-refractivity contribution < 1.29 is 29.0 Å². The number of hydrogen-bond donors (Lipinski definition) is 2. The van der Waals surface area contributed by atoms with Crippen LogP contribution in [0.5, 0.6) is 0 Å². The van der Waals surface area contributed by atoms with E-state index in [1.807, 2.05) is 4.90 Å². The van der Waals surface area contributed by atoms with Crippen LogP contribution >= 0.6 is 11.8 Å². The number of carbonyl (C=O) groups is 3. The number of rotatable bonds is 6. The van der Waals surface area contributed by atoms with Gasteiger partial charge in [0.15, 0.2) is 4.87 Å². The zero-order valence-electron chi connectivity index (χ0n) is 14.7. The van der Waals surface area contributed by atoms with Crippen molar-refractivity contribution in [2.24, 2.45) is 0 Å². The van der Waals surface area contributed by atoms with Gasteiger partial charge in [0, 0.05) is 20.0 Å². The zero-order chi connectivity index (χ0) is 18.6. The minimum atomic E-state index is -1.21. The number of carbonyl (C=O) groups excluding carboxylic acids is 2. The van der Waals surface area contributed by atoms with Crippen LogP contribution in [0.3, 0.4) is 0 Å². The molecule has 2 heterocycles. The van der Waals surface area contributed by atoms with Crippen molar-refractivity contribution in [1.29, 1.82) is 0 Å². The molecule has 0 aromatic rings. The van der Waals surface area contributed by atoms with Crippen molar-refractivity contribution in [3.8, 4) is 0 Å². The highest BCUT2D eigenvalue weighted by Gasteiger charge is 2.58. The molecule has 0 aliphatic carbocycles. The van der Waals surface area contributed by atoms with Crippen LogP contribution in [-0.4, -0.2) is 71.7 Å². The van der Waals surface area contributed by atoms with Crippen molar-refractivity contribution >= 4 is 29.6 Å². The molecule has 2 rings (SSSR count). The van der Waals surface area contributed by atoms with Gasteiger partial charge in [-0.25, -0.2) is 4.79 Å². The standard InChI is InChI=1S/C16H24N2O6S/c1-4-24-15(22)16(18-5-7-23-8-6-18)14(17-11(3)19)10(2)12(25-16)9-13(20)21/h14H,4-9H2,1-3H3,(H,17,19)(H,20,21). The summed E-state index contributed by atoms with van der Waals surface area (Å²) in [6.45, 7) is 6.96. The summed E-state index contributed by atoms with van der Waals surface area (Å²) in [5, 5.41) is 12.0. The average molecular weight is 372 g/mol. The van der Waals surface area contributed by atoms with Crippen molar-refractivity contribution in [2.45, 2.75) is 38.1 Å². The molecule has 25 heavy (non-hydrogen) atoms. The van der Waals surface area contributed by atoms with E-state index in [9.17, 15) is 19.5 Å². The molecule has 0 radical (unpaired) electrons. The first-order valence-electron chi connectivity index (χ1n) is 8.20.